The van der Waals surface area contributed by atoms with Crippen LogP contribution in [0.15, 0.2) is 29.2 Å². The SMILES string of the molecule is CCC(=O)O[C@H](CC(=O)[O-])C[N+](C)(C)C.O=C1NS(=O)(=O)c2ccccc21. The van der Waals surface area contributed by atoms with Gasteiger partial charge in [-0.3, -0.25) is 9.59 Å². The first-order valence-electron chi connectivity index (χ1n) is 8.21. The summed E-state index contributed by atoms with van der Waals surface area (Å²) in [7, 11) is 2.16. The Kier molecular flexibility index (Phi) is 7.49. The summed E-state index contributed by atoms with van der Waals surface area (Å²) in [4.78, 5) is 32.6. The fourth-order valence-corrected chi connectivity index (χ4v) is 3.50. The molecule has 1 amide bonds. The topological polar surface area (TPSA) is 130 Å². The average molecular weight is 400 g/mol. The summed E-state index contributed by atoms with van der Waals surface area (Å²) < 4.78 is 29.7. The van der Waals surface area contributed by atoms with Crippen LogP contribution in [0.4, 0.5) is 0 Å². The minimum atomic E-state index is -3.55. The molecule has 1 N–H and O–H groups in total. The molecule has 0 aromatic heterocycles. The van der Waals surface area contributed by atoms with E-state index in [1.54, 1.807) is 19.1 Å². The summed E-state index contributed by atoms with van der Waals surface area (Å²) in [6.07, 6.45) is -0.607. The molecule has 0 saturated carbocycles. The maximum Gasteiger partial charge on any atom is 0.306 e. The Labute approximate surface area is 158 Å². The fraction of sp³-hybridized carbons (Fsp3) is 0.471. The second-order valence-corrected chi connectivity index (χ2v) is 8.60. The van der Waals surface area contributed by atoms with Gasteiger partial charge in [0.15, 0.2) is 6.10 Å². The molecule has 0 spiro atoms. The number of carbonyl (C=O) groups excluding carboxylic acids is 3. The maximum atomic E-state index is 11.1. The minimum absolute atomic E-state index is 0.0648. The summed E-state index contributed by atoms with van der Waals surface area (Å²) in [6, 6.07) is 6.09. The first kappa shape index (κ1) is 22.6. The highest BCUT2D eigenvalue weighted by Gasteiger charge is 2.31. The van der Waals surface area contributed by atoms with Crippen molar-refractivity contribution in [2.24, 2.45) is 0 Å². The van der Waals surface area contributed by atoms with Crippen molar-refractivity contribution in [3.8, 4) is 0 Å². The van der Waals surface area contributed by atoms with Crippen LogP contribution in [0.1, 0.15) is 30.1 Å². The molecular weight excluding hydrogens is 376 g/mol. The maximum absolute atomic E-state index is 11.1. The normalized spacial score (nSPS) is 15.6. The number of sulfonamides is 1. The molecule has 0 bridgehead atoms. The molecule has 1 aliphatic heterocycles. The zero-order valence-corrected chi connectivity index (χ0v) is 16.5. The lowest BCUT2D eigenvalue weighted by atomic mass is 10.2. The van der Waals surface area contributed by atoms with Crippen molar-refractivity contribution in [3.63, 3.8) is 0 Å². The molecule has 27 heavy (non-hydrogen) atoms. The number of hydrogen-bond donors (Lipinski definition) is 1. The fourth-order valence-electron chi connectivity index (χ4n) is 2.33. The van der Waals surface area contributed by atoms with Gasteiger partial charge in [-0.05, 0) is 12.1 Å². The molecule has 0 radical (unpaired) electrons. The lowest BCUT2D eigenvalue weighted by Gasteiger charge is -2.29. The molecule has 10 heteroatoms. The Bertz CT molecular complexity index is 813. The molecule has 150 valence electrons. The van der Waals surface area contributed by atoms with E-state index in [-0.39, 0.29) is 29.3 Å². The predicted molar refractivity (Wildman–Crippen MR) is 93.8 cm³/mol. The number of likely N-dealkylation sites (N-methyl/N-ethyl adjacent to an activating group) is 1. The van der Waals surface area contributed by atoms with E-state index in [9.17, 15) is 27.9 Å². The Morgan fingerprint density at radius 3 is 2.30 bits per heavy atom. The second kappa shape index (κ2) is 8.96. The van der Waals surface area contributed by atoms with E-state index in [4.69, 9.17) is 4.74 Å². The van der Waals surface area contributed by atoms with Gasteiger partial charge in [0.05, 0.1) is 26.7 Å². The standard InChI is InChI=1S/C10H19NO4.C7H5NO3S/c1-5-10(14)15-8(6-9(12)13)7-11(2,3)4;9-7-5-3-1-2-4-6(5)12(10,11)8-7/h8H,5-7H2,1-4H3;1-4H,(H,8,9)/t8-;/m1./s1. The zero-order valence-electron chi connectivity index (χ0n) is 15.7. The van der Waals surface area contributed by atoms with Crippen molar-refractivity contribution in [1.29, 1.82) is 0 Å². The molecule has 2 rings (SSSR count). The van der Waals surface area contributed by atoms with Crippen molar-refractivity contribution in [2.75, 3.05) is 27.7 Å². The van der Waals surface area contributed by atoms with E-state index < -0.39 is 28.0 Å². The molecule has 1 aromatic carbocycles. The molecule has 1 heterocycles. The van der Waals surface area contributed by atoms with Gasteiger partial charge >= 0.3 is 5.97 Å². The Morgan fingerprint density at radius 2 is 1.81 bits per heavy atom. The predicted octanol–water partition coefficient (Wildman–Crippen LogP) is -0.727. The summed E-state index contributed by atoms with van der Waals surface area (Å²) in [5.74, 6) is -2.13. The van der Waals surface area contributed by atoms with Gasteiger partial charge in [0.25, 0.3) is 15.9 Å². The first-order valence-corrected chi connectivity index (χ1v) is 9.70. The van der Waals surface area contributed by atoms with Crippen molar-refractivity contribution in [3.05, 3.63) is 29.8 Å². The van der Waals surface area contributed by atoms with Crippen LogP contribution in [0.5, 0.6) is 0 Å². The lowest BCUT2D eigenvalue weighted by Crippen LogP contribution is -2.45. The van der Waals surface area contributed by atoms with E-state index in [0.717, 1.165) is 0 Å². The van der Waals surface area contributed by atoms with Crippen LogP contribution in [0, 0.1) is 0 Å². The van der Waals surface area contributed by atoms with Gasteiger partial charge < -0.3 is 19.1 Å². The molecule has 0 saturated heterocycles. The minimum Gasteiger partial charge on any atom is -0.550 e. The van der Waals surface area contributed by atoms with Crippen LogP contribution in [0.25, 0.3) is 0 Å². The molecule has 1 atom stereocenters. The quantitative estimate of drug-likeness (QED) is 0.492. The van der Waals surface area contributed by atoms with Crippen molar-refractivity contribution in [2.45, 2.75) is 30.8 Å². The number of carbonyl (C=O) groups is 3. The molecule has 1 aromatic rings. The van der Waals surface area contributed by atoms with Crippen molar-refractivity contribution < 1.29 is 37.1 Å². The van der Waals surface area contributed by atoms with Gasteiger partial charge in [-0.25, -0.2) is 13.1 Å². The molecule has 0 fully saturated rings. The van der Waals surface area contributed by atoms with Crippen LogP contribution in [0.3, 0.4) is 0 Å². The number of quaternary nitrogens is 1. The van der Waals surface area contributed by atoms with Gasteiger partial charge in [0.1, 0.15) is 11.4 Å². The Morgan fingerprint density at radius 1 is 1.22 bits per heavy atom. The zero-order chi connectivity index (χ0) is 20.8. The van der Waals surface area contributed by atoms with Gasteiger partial charge in [-0.15, -0.1) is 0 Å². The number of amides is 1. The van der Waals surface area contributed by atoms with E-state index >= 15 is 0 Å². The number of nitrogens with one attached hydrogen (secondary N) is 1. The molecular formula is C17H24N2O7S. The second-order valence-electron chi connectivity index (χ2n) is 6.95. The first-order chi connectivity index (χ1) is 12.4. The Hall–Kier alpha value is -2.46. The van der Waals surface area contributed by atoms with Crippen LogP contribution in [-0.2, 0) is 24.3 Å². The number of fused-ring (bicyclic) bond motifs is 1. The van der Waals surface area contributed by atoms with Crippen LogP contribution in [0.2, 0.25) is 0 Å². The summed E-state index contributed by atoms with van der Waals surface area (Å²) in [5, 5.41) is 10.5. The van der Waals surface area contributed by atoms with E-state index in [0.29, 0.717) is 11.0 Å². The van der Waals surface area contributed by atoms with E-state index in [1.165, 1.54) is 12.1 Å². The number of nitrogens with zero attached hydrogens (tertiary/aromatic N) is 1. The number of benzene rings is 1. The van der Waals surface area contributed by atoms with Gasteiger partial charge in [-0.1, -0.05) is 19.1 Å². The lowest BCUT2D eigenvalue weighted by molar-refractivity contribution is -0.873. The third kappa shape index (κ3) is 7.35. The number of carboxylic acids is 1. The monoisotopic (exact) mass is 400 g/mol. The average Bonchev–Trinajstić information content (AvgIpc) is 2.75. The number of carboxylic acid groups (broad SMARTS) is 1. The van der Waals surface area contributed by atoms with Crippen LogP contribution in [-0.4, -0.2) is 64.5 Å². The third-order valence-corrected chi connectivity index (χ3v) is 4.77. The Balaban J connectivity index is 0.000000274. The van der Waals surface area contributed by atoms with Gasteiger partial charge in [-0.2, -0.15) is 0 Å². The van der Waals surface area contributed by atoms with Crippen molar-refractivity contribution in [1.82, 2.24) is 4.72 Å². The highest BCUT2D eigenvalue weighted by Crippen LogP contribution is 2.20. The van der Waals surface area contributed by atoms with Crippen molar-refractivity contribution >= 4 is 27.9 Å². The van der Waals surface area contributed by atoms with E-state index in [1.807, 2.05) is 25.9 Å². The number of rotatable bonds is 6. The summed E-state index contributed by atoms with van der Waals surface area (Å²) in [5.41, 5.74) is 0.220. The molecule has 0 unspecified atom stereocenters. The summed E-state index contributed by atoms with van der Waals surface area (Å²) >= 11 is 0. The number of aliphatic carboxylic acids is 1. The number of ether oxygens (including phenoxy) is 1. The van der Waals surface area contributed by atoms with E-state index in [2.05, 4.69) is 0 Å². The number of esters is 1. The summed E-state index contributed by atoms with van der Waals surface area (Å²) in [6.45, 7) is 2.13. The largest absolute Gasteiger partial charge is 0.550 e. The van der Waals surface area contributed by atoms with Crippen LogP contribution >= 0.6 is 0 Å². The smallest absolute Gasteiger partial charge is 0.306 e. The highest BCUT2D eigenvalue weighted by molar-refractivity contribution is 7.90. The molecule has 0 aliphatic carbocycles. The molecule has 1 aliphatic rings. The highest BCUT2D eigenvalue weighted by atomic mass is 32.2. The van der Waals surface area contributed by atoms with Gasteiger partial charge in [0.2, 0.25) is 0 Å². The number of hydrogen-bond acceptors (Lipinski definition) is 7. The molecule has 9 nitrogen and oxygen atoms in total. The third-order valence-electron chi connectivity index (χ3n) is 3.38. The van der Waals surface area contributed by atoms with Gasteiger partial charge in [0, 0.05) is 18.8 Å². The van der Waals surface area contributed by atoms with Crippen LogP contribution < -0.4 is 9.83 Å².